The summed E-state index contributed by atoms with van der Waals surface area (Å²) in [6.07, 6.45) is 3.66. The quantitative estimate of drug-likeness (QED) is 0.921. The van der Waals surface area contributed by atoms with Crippen LogP contribution in [0.4, 0.5) is 5.82 Å². The molecule has 1 unspecified atom stereocenters. The second-order valence-electron chi connectivity index (χ2n) is 4.88. The lowest BCUT2D eigenvalue weighted by Gasteiger charge is -2.35. The van der Waals surface area contributed by atoms with Crippen LogP contribution in [0.15, 0.2) is 18.6 Å². The van der Waals surface area contributed by atoms with Crippen LogP contribution in [-0.4, -0.2) is 49.7 Å². The Balaban J connectivity index is 2.01. The molecule has 1 fully saturated rings. The van der Waals surface area contributed by atoms with Gasteiger partial charge in [0.1, 0.15) is 5.52 Å². The van der Waals surface area contributed by atoms with E-state index < -0.39 is 5.97 Å². The third-order valence-corrected chi connectivity index (χ3v) is 4.63. The highest BCUT2D eigenvalue weighted by Gasteiger charge is 2.27. The fourth-order valence-corrected chi connectivity index (χ4v) is 3.62. The number of fused-ring (bicyclic) bond motifs is 1. The van der Waals surface area contributed by atoms with Crippen molar-refractivity contribution in [1.82, 2.24) is 14.5 Å². The van der Waals surface area contributed by atoms with Crippen molar-refractivity contribution in [2.45, 2.75) is 12.5 Å². The lowest BCUT2D eigenvalue weighted by atomic mass is 10.2. The highest BCUT2D eigenvalue weighted by Crippen LogP contribution is 2.29. The van der Waals surface area contributed by atoms with Crippen molar-refractivity contribution in [2.75, 3.05) is 23.0 Å². The van der Waals surface area contributed by atoms with Crippen molar-refractivity contribution in [3.8, 4) is 0 Å². The molecule has 1 aliphatic heterocycles. The molecule has 0 radical (unpaired) electrons. The highest BCUT2D eigenvalue weighted by atomic mass is 32.2. The zero-order valence-electron chi connectivity index (χ0n) is 11.2. The van der Waals surface area contributed by atoms with Crippen LogP contribution in [0, 0.1) is 0 Å². The Labute approximate surface area is 120 Å². The molecule has 20 heavy (non-hydrogen) atoms. The first-order valence-electron chi connectivity index (χ1n) is 6.49. The topological polar surface area (TPSA) is 71.2 Å². The van der Waals surface area contributed by atoms with Crippen LogP contribution in [0.2, 0.25) is 0 Å². The van der Waals surface area contributed by atoms with Crippen molar-refractivity contribution in [3.05, 3.63) is 18.6 Å². The molecular weight excluding hydrogens is 276 g/mol. The van der Waals surface area contributed by atoms with Gasteiger partial charge in [0, 0.05) is 37.3 Å². The van der Waals surface area contributed by atoms with E-state index in [4.69, 9.17) is 5.11 Å². The summed E-state index contributed by atoms with van der Waals surface area (Å²) >= 11 is 1.80. The van der Waals surface area contributed by atoms with Gasteiger partial charge in [-0.1, -0.05) is 0 Å². The molecule has 1 aliphatic rings. The molecule has 0 saturated carbocycles. The minimum absolute atomic E-state index is 0.0219. The van der Waals surface area contributed by atoms with Gasteiger partial charge in [0.2, 0.25) is 0 Å². The minimum Gasteiger partial charge on any atom is -0.481 e. The summed E-state index contributed by atoms with van der Waals surface area (Å²) in [5, 5.41) is 9.07. The van der Waals surface area contributed by atoms with E-state index in [0.717, 1.165) is 34.9 Å². The lowest BCUT2D eigenvalue weighted by Crippen LogP contribution is -2.44. The molecule has 0 bridgehead atoms. The van der Waals surface area contributed by atoms with Gasteiger partial charge in [0.05, 0.1) is 18.3 Å². The lowest BCUT2D eigenvalue weighted by molar-refractivity contribution is -0.137. The molecule has 0 aliphatic carbocycles. The van der Waals surface area contributed by atoms with Gasteiger partial charge in [-0.3, -0.25) is 4.79 Å². The number of carboxylic acid groups (broad SMARTS) is 1. The predicted octanol–water partition coefficient (Wildman–Crippen LogP) is 1.36. The smallest absolute Gasteiger partial charge is 0.305 e. The van der Waals surface area contributed by atoms with E-state index in [1.807, 2.05) is 17.7 Å². The number of imidazole rings is 1. The number of rotatable bonds is 3. The number of pyridine rings is 1. The first-order chi connectivity index (χ1) is 9.66. The molecule has 1 saturated heterocycles. The summed E-state index contributed by atoms with van der Waals surface area (Å²) in [5.74, 6) is 1.84. The van der Waals surface area contributed by atoms with Gasteiger partial charge in [-0.15, -0.1) is 0 Å². The maximum absolute atomic E-state index is 11.0. The minimum atomic E-state index is -0.768. The van der Waals surface area contributed by atoms with E-state index in [9.17, 15) is 4.79 Å². The average Bonchev–Trinajstić information content (AvgIpc) is 2.81. The van der Waals surface area contributed by atoms with Gasteiger partial charge < -0.3 is 14.6 Å². The Morgan fingerprint density at radius 3 is 3.20 bits per heavy atom. The Bertz CT molecular complexity index is 642. The van der Waals surface area contributed by atoms with Gasteiger partial charge in [-0.2, -0.15) is 11.8 Å². The number of hydrogen-bond donors (Lipinski definition) is 1. The summed E-state index contributed by atoms with van der Waals surface area (Å²) in [4.78, 5) is 22.0. The maximum Gasteiger partial charge on any atom is 0.305 e. The first-order valence-corrected chi connectivity index (χ1v) is 7.64. The second kappa shape index (κ2) is 5.32. The fraction of sp³-hybridized carbons (Fsp3) is 0.462. The molecule has 0 aromatic carbocycles. The van der Waals surface area contributed by atoms with E-state index in [1.54, 1.807) is 24.3 Å². The monoisotopic (exact) mass is 292 g/mol. The summed E-state index contributed by atoms with van der Waals surface area (Å²) < 4.78 is 1.95. The summed E-state index contributed by atoms with van der Waals surface area (Å²) in [6, 6.07) is 1.91. The van der Waals surface area contributed by atoms with Gasteiger partial charge in [0.15, 0.2) is 5.82 Å². The second-order valence-corrected chi connectivity index (χ2v) is 6.03. The number of aromatic nitrogens is 3. The molecule has 3 heterocycles. The standard InChI is InChI=1S/C13H16N4O2S/c1-16-8-15-12-10(16)2-3-14-13(12)17-4-5-20-7-9(17)6-11(18)19/h2-3,8-9H,4-7H2,1H3,(H,18,19). The van der Waals surface area contributed by atoms with E-state index in [-0.39, 0.29) is 12.5 Å². The molecule has 7 heteroatoms. The van der Waals surface area contributed by atoms with Crippen LogP contribution >= 0.6 is 11.8 Å². The zero-order chi connectivity index (χ0) is 14.1. The number of thioether (sulfide) groups is 1. The average molecular weight is 292 g/mol. The largest absolute Gasteiger partial charge is 0.481 e. The van der Waals surface area contributed by atoms with Crippen LogP contribution < -0.4 is 4.90 Å². The molecule has 6 nitrogen and oxygen atoms in total. The van der Waals surface area contributed by atoms with Crippen molar-refractivity contribution < 1.29 is 9.90 Å². The summed E-state index contributed by atoms with van der Waals surface area (Å²) in [5.41, 5.74) is 1.86. The maximum atomic E-state index is 11.0. The number of nitrogens with zero attached hydrogens (tertiary/aromatic N) is 4. The van der Waals surface area contributed by atoms with Gasteiger partial charge in [0.25, 0.3) is 0 Å². The molecule has 1 atom stereocenters. The molecule has 106 valence electrons. The molecule has 0 spiro atoms. The third-order valence-electron chi connectivity index (χ3n) is 3.53. The van der Waals surface area contributed by atoms with Crippen molar-refractivity contribution in [1.29, 1.82) is 0 Å². The van der Waals surface area contributed by atoms with E-state index in [0.29, 0.717) is 0 Å². The van der Waals surface area contributed by atoms with Crippen LogP contribution in [0.3, 0.4) is 0 Å². The number of anilines is 1. The van der Waals surface area contributed by atoms with Gasteiger partial charge in [-0.25, -0.2) is 9.97 Å². The number of aliphatic carboxylic acids is 1. The number of carboxylic acids is 1. The molecule has 0 amide bonds. The zero-order valence-corrected chi connectivity index (χ0v) is 12.0. The Hall–Kier alpha value is -1.76. The number of carbonyl (C=O) groups is 1. The predicted molar refractivity (Wildman–Crippen MR) is 79.2 cm³/mol. The van der Waals surface area contributed by atoms with Crippen molar-refractivity contribution >= 4 is 34.6 Å². The van der Waals surface area contributed by atoms with Gasteiger partial charge in [-0.05, 0) is 6.07 Å². The molecule has 2 aromatic heterocycles. The Morgan fingerprint density at radius 1 is 1.55 bits per heavy atom. The van der Waals surface area contributed by atoms with Crippen LogP contribution in [0.5, 0.6) is 0 Å². The van der Waals surface area contributed by atoms with Crippen LogP contribution in [0.25, 0.3) is 11.0 Å². The van der Waals surface area contributed by atoms with Gasteiger partial charge >= 0.3 is 5.97 Å². The normalized spacial score (nSPS) is 19.4. The van der Waals surface area contributed by atoms with Crippen molar-refractivity contribution in [3.63, 3.8) is 0 Å². The molecular formula is C13H16N4O2S. The summed E-state index contributed by atoms with van der Waals surface area (Å²) in [7, 11) is 1.94. The molecule has 2 aromatic rings. The SMILES string of the molecule is Cn1cnc2c(N3CCSCC3CC(=O)O)nccc21. The van der Waals surface area contributed by atoms with E-state index >= 15 is 0 Å². The molecule has 1 N–H and O–H groups in total. The Morgan fingerprint density at radius 2 is 2.40 bits per heavy atom. The van der Waals surface area contributed by atoms with Crippen LogP contribution in [-0.2, 0) is 11.8 Å². The van der Waals surface area contributed by atoms with E-state index in [2.05, 4.69) is 14.9 Å². The Kier molecular flexibility index (Phi) is 3.52. The van der Waals surface area contributed by atoms with Crippen molar-refractivity contribution in [2.24, 2.45) is 7.05 Å². The highest BCUT2D eigenvalue weighted by molar-refractivity contribution is 7.99. The number of aryl methyl sites for hydroxylation is 1. The molecule has 3 rings (SSSR count). The fourth-order valence-electron chi connectivity index (χ4n) is 2.56. The number of hydrogen-bond acceptors (Lipinski definition) is 5. The van der Waals surface area contributed by atoms with E-state index in [1.165, 1.54) is 0 Å². The first kappa shape index (κ1) is 13.2. The summed E-state index contributed by atoms with van der Waals surface area (Å²) in [6.45, 7) is 0.811. The third kappa shape index (κ3) is 2.33. The van der Waals surface area contributed by atoms with Crippen LogP contribution in [0.1, 0.15) is 6.42 Å².